The van der Waals surface area contributed by atoms with Crippen LogP contribution in [0.5, 0.6) is 0 Å². The zero-order valence-electron chi connectivity index (χ0n) is 38.8. The molecule has 72 heavy (non-hydrogen) atoms. The molecule has 0 fully saturated rings. The molecule has 0 saturated heterocycles. The summed E-state index contributed by atoms with van der Waals surface area (Å²) < 4.78 is 0. The van der Waals surface area contributed by atoms with Gasteiger partial charge in [-0.3, -0.25) is 0 Å². The van der Waals surface area contributed by atoms with Crippen LogP contribution in [0.3, 0.4) is 0 Å². The molecule has 6 heterocycles. The van der Waals surface area contributed by atoms with Crippen LogP contribution in [-0.4, -0.2) is 172 Å². The van der Waals surface area contributed by atoms with Crippen LogP contribution in [0, 0.1) is 0 Å². The van der Waals surface area contributed by atoms with Gasteiger partial charge in [-0.2, -0.15) is 89.7 Å². The van der Waals surface area contributed by atoms with E-state index in [1.807, 2.05) is 6.92 Å². The van der Waals surface area contributed by atoms with Gasteiger partial charge in [-0.1, -0.05) is 19.8 Å². The third-order valence-electron chi connectivity index (χ3n) is 8.44. The van der Waals surface area contributed by atoms with Crippen molar-refractivity contribution in [1.82, 2.24) is 89.7 Å². The van der Waals surface area contributed by atoms with Gasteiger partial charge in [-0.15, -0.1) is 0 Å². The molecular formula is C33H56N36O3. The Labute approximate surface area is 408 Å². The summed E-state index contributed by atoms with van der Waals surface area (Å²) in [6.07, 6.45) is 2.96. The van der Waals surface area contributed by atoms with Crippen LogP contribution in [0.2, 0.25) is 0 Å². The zero-order chi connectivity index (χ0) is 50.9. The molecule has 0 radical (unpaired) electrons. The van der Waals surface area contributed by atoms with Gasteiger partial charge in [-0.05, 0) is 13.3 Å². The maximum Gasteiger partial charge on any atom is 0.231 e. The summed E-state index contributed by atoms with van der Waals surface area (Å²) in [5.74, 6) is 2.24. The Morgan fingerprint density at radius 3 is 0.708 bits per heavy atom. The molecule has 24 N–H and O–H groups in total. The molecule has 0 saturated carbocycles. The van der Waals surface area contributed by atoms with E-state index in [1.165, 1.54) is 0 Å². The lowest BCUT2D eigenvalue weighted by Gasteiger charge is -2.13. The van der Waals surface area contributed by atoms with Crippen molar-refractivity contribution in [3.63, 3.8) is 0 Å². The van der Waals surface area contributed by atoms with E-state index in [4.69, 9.17) is 17.2 Å². The van der Waals surface area contributed by atoms with Gasteiger partial charge in [0.05, 0.1) is 33.3 Å². The summed E-state index contributed by atoms with van der Waals surface area (Å²) in [6.45, 7) is 4.23. The second kappa shape index (κ2) is 27.4. The van der Waals surface area contributed by atoms with Gasteiger partial charge in [0, 0.05) is 13.1 Å². The van der Waals surface area contributed by atoms with Gasteiger partial charge in [0.2, 0.25) is 107 Å². The van der Waals surface area contributed by atoms with Crippen molar-refractivity contribution in [3.8, 4) is 0 Å². The second-order valence-electron chi connectivity index (χ2n) is 13.8. The molecule has 0 aliphatic rings. The minimum atomic E-state index is -0.432. The first-order chi connectivity index (χ1) is 35.1. The number of rotatable bonds is 33. The monoisotopic (exact) mass is 1000 g/mol. The third-order valence-corrected chi connectivity index (χ3v) is 8.44. The van der Waals surface area contributed by atoms with Gasteiger partial charge < -0.3 is 112 Å². The Morgan fingerprint density at radius 2 is 0.486 bits per heavy atom. The van der Waals surface area contributed by atoms with Crippen molar-refractivity contribution in [3.05, 3.63) is 0 Å². The fraction of sp³-hybridized carbons (Fsp3) is 0.455. The summed E-state index contributed by atoms with van der Waals surface area (Å²) in [7, 11) is 0. The van der Waals surface area contributed by atoms with Crippen LogP contribution < -0.4 is 97.0 Å². The zero-order valence-corrected chi connectivity index (χ0v) is 38.8. The average Bonchev–Trinajstić information content (AvgIpc) is 3.33. The topological polar surface area (TPSA) is 551 Å². The highest BCUT2D eigenvalue weighted by Crippen LogP contribution is 2.15. The Bertz CT molecular complexity index is 2590. The number of aromatic nitrogens is 18. The lowest BCUT2D eigenvalue weighted by Crippen LogP contribution is -2.22. The van der Waals surface area contributed by atoms with Crippen molar-refractivity contribution in [1.29, 1.82) is 0 Å². The maximum absolute atomic E-state index is 9.44. The second-order valence-corrected chi connectivity index (χ2v) is 13.8. The van der Waals surface area contributed by atoms with Gasteiger partial charge in [0.1, 0.15) is 20.2 Å². The number of anilines is 18. The summed E-state index contributed by atoms with van der Waals surface area (Å²) >= 11 is 0. The Balaban J connectivity index is 1.01. The number of unbranched alkanes of at least 4 members (excludes halogenated alkanes) is 2. The first-order valence-electron chi connectivity index (χ1n) is 21.8. The Hall–Kier alpha value is -9.66. The first-order valence-corrected chi connectivity index (χ1v) is 21.8. The number of aliphatic hydroxyl groups excluding tert-OH is 3. The van der Waals surface area contributed by atoms with Crippen molar-refractivity contribution >= 4 is 107 Å². The highest BCUT2D eigenvalue weighted by molar-refractivity contribution is 5.49. The minimum Gasteiger partial charge on any atom is -0.376 e. The Morgan fingerprint density at radius 1 is 0.278 bits per heavy atom. The first kappa shape index (κ1) is 51.7. The van der Waals surface area contributed by atoms with Crippen molar-refractivity contribution in [2.75, 3.05) is 164 Å². The number of hydrogen-bond donors (Lipinski definition) is 21. The largest absolute Gasteiger partial charge is 0.376 e. The number of nitrogens with two attached hydrogens (primary N) is 3. The van der Waals surface area contributed by atoms with E-state index < -0.39 is 20.2 Å². The molecule has 0 spiro atoms. The normalized spacial score (nSPS) is 10.6. The predicted molar refractivity (Wildman–Crippen MR) is 267 cm³/mol. The van der Waals surface area contributed by atoms with Gasteiger partial charge in [-0.25, -0.2) is 0 Å². The molecule has 0 bridgehead atoms. The smallest absolute Gasteiger partial charge is 0.231 e. The highest BCUT2D eigenvalue weighted by Gasteiger charge is 2.12. The average molecular weight is 1010 g/mol. The molecule has 0 aliphatic heterocycles. The van der Waals surface area contributed by atoms with Crippen LogP contribution in [0.25, 0.3) is 0 Å². The van der Waals surface area contributed by atoms with Crippen molar-refractivity contribution < 1.29 is 15.3 Å². The summed E-state index contributed by atoms with van der Waals surface area (Å²) in [6, 6.07) is 0. The van der Waals surface area contributed by atoms with Crippen LogP contribution in [0.1, 0.15) is 33.1 Å². The quantitative estimate of drug-likeness (QED) is 0.0145. The molecule has 6 aromatic rings. The summed E-state index contributed by atoms with van der Waals surface area (Å²) in [5.41, 5.74) is 17.8. The predicted octanol–water partition coefficient (Wildman–Crippen LogP) is -2.93. The van der Waals surface area contributed by atoms with Crippen LogP contribution in [-0.2, 0) is 0 Å². The fourth-order valence-corrected chi connectivity index (χ4v) is 5.45. The van der Waals surface area contributed by atoms with E-state index >= 15 is 0 Å². The number of aliphatic hydroxyl groups is 3. The molecule has 0 unspecified atom stereocenters. The molecule has 0 aromatic carbocycles. The molecule has 6 rings (SSSR count). The molecule has 386 valence electrons. The van der Waals surface area contributed by atoms with E-state index in [0.717, 1.165) is 19.3 Å². The van der Waals surface area contributed by atoms with Crippen LogP contribution in [0.4, 0.5) is 107 Å². The number of nitrogens with one attached hydrogen (secondary N) is 15. The SMILES string of the molecule is CCCCCNc1nc(NCNc2nc(N)nc(NCNc3nc(NCO)nc(NCO)n3)n2)nc(NCNc2nc(N)nc(NCNc3nc(NCO)nc(NCNc4nc(N)nc(NCC)n4)n3)n2)n1. The van der Waals surface area contributed by atoms with Gasteiger partial charge >= 0.3 is 0 Å². The van der Waals surface area contributed by atoms with E-state index in [9.17, 15) is 15.3 Å². The summed E-state index contributed by atoms with van der Waals surface area (Å²) in [5, 5.41) is 71.7. The van der Waals surface area contributed by atoms with Crippen LogP contribution >= 0.6 is 0 Å². The lowest BCUT2D eigenvalue weighted by molar-refractivity contribution is 0.323. The molecule has 39 heteroatoms. The van der Waals surface area contributed by atoms with E-state index in [2.05, 4.69) is 176 Å². The molecular weight excluding hydrogens is 949 g/mol. The van der Waals surface area contributed by atoms with Gasteiger partial charge in [0.15, 0.2) is 0 Å². The molecule has 0 amide bonds. The third kappa shape index (κ3) is 17.5. The van der Waals surface area contributed by atoms with Crippen LogP contribution in [0.15, 0.2) is 0 Å². The molecule has 39 nitrogen and oxygen atoms in total. The molecule has 0 atom stereocenters. The highest BCUT2D eigenvalue weighted by atomic mass is 16.3. The Kier molecular flexibility index (Phi) is 19.7. The maximum atomic E-state index is 9.44. The fourth-order valence-electron chi connectivity index (χ4n) is 5.45. The van der Waals surface area contributed by atoms with E-state index in [0.29, 0.717) is 25.0 Å². The lowest BCUT2D eigenvalue weighted by atomic mass is 10.2. The number of nitrogen functional groups attached to an aromatic ring is 3. The van der Waals surface area contributed by atoms with E-state index in [-0.39, 0.29) is 129 Å². The number of nitrogens with zero attached hydrogens (tertiary/aromatic N) is 18. The van der Waals surface area contributed by atoms with Crippen molar-refractivity contribution in [2.24, 2.45) is 0 Å². The minimum absolute atomic E-state index is 0.0274. The molecule has 6 aromatic heterocycles. The number of hydrogen-bond acceptors (Lipinski definition) is 39. The summed E-state index contributed by atoms with van der Waals surface area (Å²) in [4.78, 5) is 76.1. The molecule has 0 aliphatic carbocycles. The van der Waals surface area contributed by atoms with Crippen molar-refractivity contribution in [2.45, 2.75) is 33.1 Å². The van der Waals surface area contributed by atoms with E-state index in [1.54, 1.807) is 0 Å². The van der Waals surface area contributed by atoms with Gasteiger partial charge in [0.25, 0.3) is 0 Å². The standard InChI is InChI=1S/C33H56N36O3/c1-3-5-6-7-38-20-59-26(63-27(60-20)45-10-41-23-55-18(36)57-25(62-23)43-12-48-30-67-32(50-14-71)69-33(68-30)51-15-72)44-9-40-22-54-17(35)56-24(61-22)42-11-47-29-64-28(65-31(66-29)49-13-70)46-8-39-21-53-16(34)52-19(58-21)37-4-2/h70-72H,3-15H2,1-2H3,(H4,34,37,39,52,53,58)(H4,35,40,42,54,56,61)(H4,36,41,43,55,57,62)(H3,38,44,45,59,60,63)(H3,46,47,49,64,65,66)(H3,48,50,51,67,68,69).